The maximum Gasteiger partial charge on any atom is 0.120 e. The summed E-state index contributed by atoms with van der Waals surface area (Å²) in [5.74, 6) is 0.823. The molecule has 0 amide bonds. The van der Waals surface area contributed by atoms with Crippen LogP contribution in [0.3, 0.4) is 0 Å². The Bertz CT molecular complexity index is 315. The van der Waals surface area contributed by atoms with Crippen LogP contribution in [-0.4, -0.2) is 20.3 Å². The quantitative estimate of drug-likeness (QED) is 0.839. The van der Waals surface area contributed by atoms with Gasteiger partial charge in [0.05, 0.1) is 6.61 Å². The zero-order chi connectivity index (χ0) is 11.3. The number of methoxy groups -OCH3 is 1. The number of rotatable bonds is 5. The number of ether oxygens (including phenoxy) is 2. The van der Waals surface area contributed by atoms with Gasteiger partial charge in [-0.15, -0.1) is 0 Å². The zero-order valence-corrected chi connectivity index (χ0v) is 10.6. The van der Waals surface area contributed by atoms with Gasteiger partial charge in [0, 0.05) is 17.6 Å². The predicted octanol–water partition coefficient (Wildman–Crippen LogP) is 2.49. The largest absolute Gasteiger partial charge is 0.491 e. The zero-order valence-electron chi connectivity index (χ0n) is 9.00. The Morgan fingerprint density at radius 2 is 2.13 bits per heavy atom. The molecule has 3 nitrogen and oxygen atoms in total. The maximum absolute atomic E-state index is 5.80. The van der Waals surface area contributed by atoms with Gasteiger partial charge in [-0.25, -0.2) is 0 Å². The van der Waals surface area contributed by atoms with Crippen LogP contribution in [0.4, 0.5) is 0 Å². The van der Waals surface area contributed by atoms with Crippen molar-refractivity contribution in [3.05, 3.63) is 28.2 Å². The summed E-state index contributed by atoms with van der Waals surface area (Å²) in [6, 6.07) is 5.83. The summed E-state index contributed by atoms with van der Waals surface area (Å²) in [6.45, 7) is 3.10. The van der Waals surface area contributed by atoms with E-state index in [0.29, 0.717) is 13.2 Å². The van der Waals surface area contributed by atoms with Gasteiger partial charge in [0.1, 0.15) is 12.4 Å². The second-order valence-electron chi connectivity index (χ2n) is 3.31. The molecule has 1 aromatic rings. The number of hydrogen-bond donors (Lipinski definition) is 1. The lowest BCUT2D eigenvalue weighted by atomic mass is 10.1. The summed E-state index contributed by atoms with van der Waals surface area (Å²) in [4.78, 5) is 0. The molecule has 1 aromatic carbocycles. The van der Waals surface area contributed by atoms with Crippen LogP contribution in [0.5, 0.6) is 5.75 Å². The van der Waals surface area contributed by atoms with Crippen LogP contribution in [0.1, 0.15) is 18.5 Å². The van der Waals surface area contributed by atoms with Gasteiger partial charge >= 0.3 is 0 Å². The fourth-order valence-electron chi connectivity index (χ4n) is 1.21. The Morgan fingerprint density at radius 3 is 2.67 bits per heavy atom. The molecule has 84 valence electrons. The summed E-state index contributed by atoms with van der Waals surface area (Å²) in [5.41, 5.74) is 6.87. The van der Waals surface area contributed by atoms with Gasteiger partial charge in [-0.3, -0.25) is 0 Å². The molecule has 4 heteroatoms. The summed E-state index contributed by atoms with van der Waals surface area (Å²) in [5, 5.41) is 0. The normalized spacial score (nSPS) is 12.5. The minimum Gasteiger partial charge on any atom is -0.491 e. The Hall–Kier alpha value is -0.580. The summed E-state index contributed by atoms with van der Waals surface area (Å²) in [6.07, 6.45) is 0. The topological polar surface area (TPSA) is 44.5 Å². The van der Waals surface area contributed by atoms with E-state index in [-0.39, 0.29) is 6.04 Å². The first-order chi connectivity index (χ1) is 7.15. The van der Waals surface area contributed by atoms with Gasteiger partial charge in [0.2, 0.25) is 0 Å². The fourth-order valence-corrected chi connectivity index (χ4v) is 1.93. The number of hydrogen-bond acceptors (Lipinski definition) is 3. The van der Waals surface area contributed by atoms with Crippen LogP contribution in [0.2, 0.25) is 0 Å². The number of halogens is 1. The molecule has 0 saturated carbocycles. The minimum atomic E-state index is 0.0207. The Morgan fingerprint density at radius 1 is 1.40 bits per heavy atom. The van der Waals surface area contributed by atoms with Crippen LogP contribution >= 0.6 is 15.9 Å². The monoisotopic (exact) mass is 273 g/mol. The Balaban J connectivity index is 2.65. The van der Waals surface area contributed by atoms with Gasteiger partial charge in [0.25, 0.3) is 0 Å². The molecule has 1 atom stereocenters. The first kappa shape index (κ1) is 12.5. The van der Waals surface area contributed by atoms with Crippen molar-refractivity contribution in [2.45, 2.75) is 13.0 Å². The van der Waals surface area contributed by atoms with Crippen molar-refractivity contribution >= 4 is 15.9 Å². The standard InChI is InChI=1S/C11H16BrNO2/c1-8(13)10-4-3-9(7-11(10)12)15-6-5-14-2/h3-4,7-8H,5-6,13H2,1-2H3. The van der Waals surface area contributed by atoms with Gasteiger partial charge in [-0.1, -0.05) is 22.0 Å². The van der Waals surface area contributed by atoms with Gasteiger partial charge in [-0.05, 0) is 24.6 Å². The first-order valence-corrected chi connectivity index (χ1v) is 5.61. The molecular formula is C11H16BrNO2. The van der Waals surface area contributed by atoms with Gasteiger partial charge in [0.15, 0.2) is 0 Å². The van der Waals surface area contributed by atoms with E-state index in [4.69, 9.17) is 15.2 Å². The second-order valence-corrected chi connectivity index (χ2v) is 4.17. The van der Waals surface area contributed by atoms with Crippen molar-refractivity contribution in [2.75, 3.05) is 20.3 Å². The van der Waals surface area contributed by atoms with E-state index in [1.54, 1.807) is 7.11 Å². The number of nitrogens with two attached hydrogens (primary N) is 1. The highest BCUT2D eigenvalue weighted by Crippen LogP contribution is 2.26. The molecule has 1 rings (SSSR count). The van der Waals surface area contributed by atoms with Crippen molar-refractivity contribution < 1.29 is 9.47 Å². The SMILES string of the molecule is COCCOc1ccc(C(C)N)c(Br)c1. The van der Waals surface area contributed by atoms with Crippen molar-refractivity contribution in [1.82, 2.24) is 0 Å². The molecule has 0 saturated heterocycles. The molecule has 0 heterocycles. The third-order valence-electron chi connectivity index (χ3n) is 2.02. The van der Waals surface area contributed by atoms with E-state index in [2.05, 4.69) is 15.9 Å². The van der Waals surface area contributed by atoms with E-state index < -0.39 is 0 Å². The van der Waals surface area contributed by atoms with E-state index >= 15 is 0 Å². The van der Waals surface area contributed by atoms with E-state index in [9.17, 15) is 0 Å². The van der Waals surface area contributed by atoms with Gasteiger partial charge < -0.3 is 15.2 Å². The Kier molecular flexibility index (Phi) is 5.08. The molecule has 0 aromatic heterocycles. The molecule has 0 aliphatic rings. The van der Waals surface area contributed by atoms with Crippen LogP contribution in [0, 0.1) is 0 Å². The average molecular weight is 274 g/mol. The van der Waals surface area contributed by atoms with Crippen molar-refractivity contribution in [2.24, 2.45) is 5.73 Å². The molecule has 0 spiro atoms. The lowest BCUT2D eigenvalue weighted by molar-refractivity contribution is 0.146. The molecule has 1 unspecified atom stereocenters. The highest BCUT2D eigenvalue weighted by atomic mass is 79.9. The van der Waals surface area contributed by atoms with E-state index in [1.165, 1.54) is 0 Å². The van der Waals surface area contributed by atoms with Crippen molar-refractivity contribution in [1.29, 1.82) is 0 Å². The smallest absolute Gasteiger partial charge is 0.120 e. The summed E-state index contributed by atoms with van der Waals surface area (Å²) < 4.78 is 11.3. The van der Waals surface area contributed by atoms with Crippen LogP contribution in [-0.2, 0) is 4.74 Å². The lowest BCUT2D eigenvalue weighted by Gasteiger charge is -2.11. The van der Waals surface area contributed by atoms with E-state index in [0.717, 1.165) is 15.8 Å². The van der Waals surface area contributed by atoms with E-state index in [1.807, 2.05) is 25.1 Å². The highest BCUT2D eigenvalue weighted by Gasteiger charge is 2.05. The molecule has 2 N–H and O–H groups in total. The van der Waals surface area contributed by atoms with Crippen LogP contribution in [0.15, 0.2) is 22.7 Å². The Labute approximate surface area is 98.7 Å². The van der Waals surface area contributed by atoms with Crippen molar-refractivity contribution in [3.63, 3.8) is 0 Å². The van der Waals surface area contributed by atoms with Crippen LogP contribution < -0.4 is 10.5 Å². The second kappa shape index (κ2) is 6.10. The summed E-state index contributed by atoms with van der Waals surface area (Å²) in [7, 11) is 1.65. The predicted molar refractivity (Wildman–Crippen MR) is 64.1 cm³/mol. The maximum atomic E-state index is 5.80. The van der Waals surface area contributed by atoms with Gasteiger partial charge in [-0.2, -0.15) is 0 Å². The molecule has 0 aliphatic heterocycles. The first-order valence-electron chi connectivity index (χ1n) is 4.82. The average Bonchev–Trinajstić information content (AvgIpc) is 2.17. The third-order valence-corrected chi connectivity index (χ3v) is 2.71. The number of benzene rings is 1. The van der Waals surface area contributed by atoms with Crippen molar-refractivity contribution in [3.8, 4) is 5.75 Å². The lowest BCUT2D eigenvalue weighted by Crippen LogP contribution is -2.07. The molecule has 15 heavy (non-hydrogen) atoms. The molecule has 0 fully saturated rings. The molecular weight excluding hydrogens is 258 g/mol. The highest BCUT2D eigenvalue weighted by molar-refractivity contribution is 9.10. The third kappa shape index (κ3) is 3.81. The summed E-state index contributed by atoms with van der Waals surface area (Å²) >= 11 is 3.47. The fraction of sp³-hybridized carbons (Fsp3) is 0.455. The molecule has 0 radical (unpaired) electrons. The molecule has 0 bridgehead atoms. The van der Waals surface area contributed by atoms with Crippen LogP contribution in [0.25, 0.3) is 0 Å². The minimum absolute atomic E-state index is 0.0207. The molecule has 0 aliphatic carbocycles.